The number of methoxy groups -OCH3 is 1. The molecule has 0 aromatic heterocycles. The minimum atomic E-state index is 0.364. The molecule has 0 radical (unpaired) electrons. The molecule has 0 aromatic carbocycles. The standard InChI is InChI=1S/C13H27NO2/c1-13(2,3)11-7-5-6-8-12(11)14-16-10-9-15-4/h11-12,14H,5-10H2,1-4H3. The number of hydrogen-bond acceptors (Lipinski definition) is 3. The summed E-state index contributed by atoms with van der Waals surface area (Å²) in [6, 6.07) is 0.505. The lowest BCUT2D eigenvalue weighted by atomic mass is 9.70. The summed E-state index contributed by atoms with van der Waals surface area (Å²) in [5, 5.41) is 0. The lowest BCUT2D eigenvalue weighted by Crippen LogP contribution is -2.44. The first-order valence-corrected chi connectivity index (χ1v) is 6.42. The molecule has 0 amide bonds. The van der Waals surface area contributed by atoms with Gasteiger partial charge in [0.15, 0.2) is 0 Å². The van der Waals surface area contributed by atoms with Gasteiger partial charge in [-0.3, -0.25) is 4.84 Å². The van der Waals surface area contributed by atoms with Gasteiger partial charge in [-0.15, -0.1) is 0 Å². The fraction of sp³-hybridized carbons (Fsp3) is 1.00. The van der Waals surface area contributed by atoms with Gasteiger partial charge in [0.25, 0.3) is 0 Å². The van der Waals surface area contributed by atoms with Crippen LogP contribution in [0.2, 0.25) is 0 Å². The molecule has 96 valence electrons. The summed E-state index contributed by atoms with van der Waals surface area (Å²) in [7, 11) is 1.70. The van der Waals surface area contributed by atoms with Crippen molar-refractivity contribution in [2.75, 3.05) is 20.3 Å². The van der Waals surface area contributed by atoms with Crippen LogP contribution in [0.5, 0.6) is 0 Å². The van der Waals surface area contributed by atoms with E-state index < -0.39 is 0 Å². The summed E-state index contributed by atoms with van der Waals surface area (Å²) in [6.45, 7) is 8.26. The van der Waals surface area contributed by atoms with Crippen LogP contribution in [0, 0.1) is 11.3 Å². The molecule has 0 aliphatic heterocycles. The molecule has 3 heteroatoms. The van der Waals surface area contributed by atoms with E-state index >= 15 is 0 Å². The van der Waals surface area contributed by atoms with Crippen LogP contribution in [0.15, 0.2) is 0 Å². The molecule has 1 N–H and O–H groups in total. The largest absolute Gasteiger partial charge is 0.382 e. The van der Waals surface area contributed by atoms with Gasteiger partial charge in [-0.05, 0) is 24.2 Å². The Morgan fingerprint density at radius 2 is 1.81 bits per heavy atom. The first-order valence-electron chi connectivity index (χ1n) is 6.42. The van der Waals surface area contributed by atoms with E-state index in [0.717, 1.165) is 0 Å². The molecule has 0 bridgehead atoms. The van der Waals surface area contributed by atoms with Crippen molar-refractivity contribution in [3.05, 3.63) is 0 Å². The number of ether oxygens (including phenoxy) is 1. The quantitative estimate of drug-likeness (QED) is 0.581. The molecule has 0 saturated heterocycles. The van der Waals surface area contributed by atoms with Crippen molar-refractivity contribution in [3.8, 4) is 0 Å². The molecule has 1 fully saturated rings. The maximum atomic E-state index is 5.46. The van der Waals surface area contributed by atoms with E-state index in [4.69, 9.17) is 9.57 Å². The molecule has 16 heavy (non-hydrogen) atoms. The Labute approximate surface area is 99.8 Å². The SMILES string of the molecule is COCCONC1CCCCC1C(C)(C)C. The summed E-state index contributed by atoms with van der Waals surface area (Å²) >= 11 is 0. The van der Waals surface area contributed by atoms with Crippen molar-refractivity contribution in [1.29, 1.82) is 0 Å². The molecule has 1 aliphatic rings. The van der Waals surface area contributed by atoms with E-state index in [-0.39, 0.29) is 0 Å². The summed E-state index contributed by atoms with van der Waals surface area (Å²) in [5.41, 5.74) is 3.60. The number of hydroxylamine groups is 1. The van der Waals surface area contributed by atoms with Gasteiger partial charge in [-0.2, -0.15) is 5.48 Å². The number of rotatable bonds is 5. The van der Waals surface area contributed by atoms with Gasteiger partial charge in [-0.25, -0.2) is 0 Å². The molecule has 1 rings (SSSR count). The second-order valence-electron chi connectivity index (χ2n) is 5.82. The van der Waals surface area contributed by atoms with Crippen LogP contribution >= 0.6 is 0 Å². The van der Waals surface area contributed by atoms with E-state index in [1.807, 2.05) is 0 Å². The molecule has 0 aromatic rings. The van der Waals surface area contributed by atoms with E-state index in [0.29, 0.717) is 30.6 Å². The Morgan fingerprint density at radius 3 is 2.44 bits per heavy atom. The van der Waals surface area contributed by atoms with Crippen LogP contribution in [0.1, 0.15) is 46.5 Å². The molecular weight excluding hydrogens is 202 g/mol. The van der Waals surface area contributed by atoms with Crippen molar-refractivity contribution in [2.45, 2.75) is 52.5 Å². The van der Waals surface area contributed by atoms with Crippen LogP contribution in [-0.4, -0.2) is 26.4 Å². The Bertz CT molecular complexity index is 189. The molecule has 2 atom stereocenters. The van der Waals surface area contributed by atoms with E-state index in [2.05, 4.69) is 26.3 Å². The monoisotopic (exact) mass is 229 g/mol. The summed E-state index contributed by atoms with van der Waals surface area (Å²) in [4.78, 5) is 5.46. The smallest absolute Gasteiger partial charge is 0.0915 e. The van der Waals surface area contributed by atoms with E-state index in [1.54, 1.807) is 7.11 Å². The Hall–Kier alpha value is -0.120. The Balaban J connectivity index is 2.35. The van der Waals surface area contributed by atoms with Crippen molar-refractivity contribution in [1.82, 2.24) is 5.48 Å². The highest BCUT2D eigenvalue weighted by molar-refractivity contribution is 4.86. The average molecular weight is 229 g/mol. The Morgan fingerprint density at radius 1 is 1.12 bits per heavy atom. The molecule has 0 heterocycles. The Kier molecular flexibility index (Phi) is 5.73. The lowest BCUT2D eigenvalue weighted by Gasteiger charge is -2.40. The zero-order chi connectivity index (χ0) is 12.0. The molecule has 1 aliphatic carbocycles. The van der Waals surface area contributed by atoms with Crippen molar-refractivity contribution >= 4 is 0 Å². The van der Waals surface area contributed by atoms with Crippen LogP contribution < -0.4 is 5.48 Å². The highest BCUT2D eigenvalue weighted by Crippen LogP contribution is 2.37. The van der Waals surface area contributed by atoms with Crippen molar-refractivity contribution in [3.63, 3.8) is 0 Å². The zero-order valence-electron chi connectivity index (χ0n) is 11.2. The molecule has 1 saturated carbocycles. The first-order chi connectivity index (χ1) is 7.55. The maximum absolute atomic E-state index is 5.46. The van der Waals surface area contributed by atoms with Gasteiger partial charge >= 0.3 is 0 Å². The van der Waals surface area contributed by atoms with Gasteiger partial charge in [0.05, 0.1) is 13.2 Å². The minimum Gasteiger partial charge on any atom is -0.382 e. The van der Waals surface area contributed by atoms with E-state index in [9.17, 15) is 0 Å². The predicted molar refractivity (Wildman–Crippen MR) is 66.2 cm³/mol. The highest BCUT2D eigenvalue weighted by atomic mass is 16.7. The molecule has 3 nitrogen and oxygen atoms in total. The van der Waals surface area contributed by atoms with Gasteiger partial charge in [0.1, 0.15) is 0 Å². The number of nitrogens with one attached hydrogen (secondary N) is 1. The van der Waals surface area contributed by atoms with Crippen molar-refractivity contribution < 1.29 is 9.57 Å². The van der Waals surface area contributed by atoms with Crippen LogP contribution in [0.3, 0.4) is 0 Å². The normalized spacial score (nSPS) is 27.0. The molecule has 0 spiro atoms. The second kappa shape index (κ2) is 6.58. The second-order valence-corrected chi connectivity index (χ2v) is 5.82. The van der Waals surface area contributed by atoms with E-state index in [1.165, 1.54) is 25.7 Å². The van der Waals surface area contributed by atoms with Gasteiger partial charge in [0, 0.05) is 13.2 Å². The van der Waals surface area contributed by atoms with Gasteiger partial charge < -0.3 is 4.74 Å². The molecule has 2 unspecified atom stereocenters. The maximum Gasteiger partial charge on any atom is 0.0915 e. The lowest BCUT2D eigenvalue weighted by molar-refractivity contribution is -0.0450. The molecular formula is C13H27NO2. The van der Waals surface area contributed by atoms with Crippen molar-refractivity contribution in [2.24, 2.45) is 11.3 Å². The predicted octanol–water partition coefficient (Wildman–Crippen LogP) is 2.76. The minimum absolute atomic E-state index is 0.364. The fourth-order valence-corrected chi connectivity index (χ4v) is 2.60. The highest BCUT2D eigenvalue weighted by Gasteiger charge is 2.34. The first kappa shape index (κ1) is 13.9. The van der Waals surface area contributed by atoms with Crippen LogP contribution in [-0.2, 0) is 9.57 Å². The average Bonchev–Trinajstić information content (AvgIpc) is 2.24. The number of hydrogen-bond donors (Lipinski definition) is 1. The van der Waals surface area contributed by atoms with Crippen LogP contribution in [0.25, 0.3) is 0 Å². The summed E-state index contributed by atoms with van der Waals surface area (Å²) in [6.07, 6.45) is 5.22. The third-order valence-electron chi connectivity index (χ3n) is 3.50. The topological polar surface area (TPSA) is 30.5 Å². The summed E-state index contributed by atoms with van der Waals surface area (Å²) in [5.74, 6) is 0.712. The zero-order valence-corrected chi connectivity index (χ0v) is 11.2. The third-order valence-corrected chi connectivity index (χ3v) is 3.50. The van der Waals surface area contributed by atoms with Gasteiger partial charge in [0.2, 0.25) is 0 Å². The fourth-order valence-electron chi connectivity index (χ4n) is 2.60. The van der Waals surface area contributed by atoms with Gasteiger partial charge in [-0.1, -0.05) is 33.6 Å². The summed E-state index contributed by atoms with van der Waals surface area (Å²) < 4.78 is 4.96. The van der Waals surface area contributed by atoms with Crippen LogP contribution in [0.4, 0.5) is 0 Å². The third kappa shape index (κ3) is 4.40.